The van der Waals surface area contributed by atoms with Crippen molar-refractivity contribution in [2.45, 2.75) is 39.2 Å². The van der Waals surface area contributed by atoms with Gasteiger partial charge in [-0.15, -0.1) is 0 Å². The normalized spacial score (nSPS) is 16.3. The molecule has 1 fully saturated rings. The van der Waals surface area contributed by atoms with Crippen LogP contribution < -0.4 is 4.90 Å². The molecule has 24 heavy (non-hydrogen) atoms. The van der Waals surface area contributed by atoms with Gasteiger partial charge in [-0.2, -0.15) is 0 Å². The Balaban J connectivity index is 2.05. The average molecular weight is 362 g/mol. The fourth-order valence-corrected chi connectivity index (χ4v) is 2.55. The molecule has 8 heteroatoms. The predicted molar refractivity (Wildman–Crippen MR) is 88.8 cm³/mol. The predicted octanol–water partition coefficient (Wildman–Crippen LogP) is 3.90. The van der Waals surface area contributed by atoms with E-state index >= 15 is 0 Å². The van der Waals surface area contributed by atoms with Crippen molar-refractivity contribution in [3.63, 3.8) is 0 Å². The molecule has 1 aromatic heterocycles. The Hall–Kier alpha value is -1.63. The van der Waals surface area contributed by atoms with Gasteiger partial charge in [0.25, 0.3) is 5.92 Å². The van der Waals surface area contributed by atoms with Gasteiger partial charge in [0.15, 0.2) is 0 Å². The molecule has 0 bridgehead atoms. The summed E-state index contributed by atoms with van der Waals surface area (Å²) in [5.74, 6) is -2.59. The van der Waals surface area contributed by atoms with E-state index in [0.29, 0.717) is 32.0 Å². The molecule has 1 saturated heterocycles. The van der Waals surface area contributed by atoms with Gasteiger partial charge >= 0.3 is 6.09 Å². The number of anilines is 1. The first kappa shape index (κ1) is 18.7. The van der Waals surface area contributed by atoms with Crippen molar-refractivity contribution < 1.29 is 18.3 Å². The van der Waals surface area contributed by atoms with Crippen LogP contribution in [0.15, 0.2) is 12.1 Å². The van der Waals surface area contributed by atoms with Crippen LogP contribution in [-0.4, -0.2) is 47.8 Å². The highest BCUT2D eigenvalue weighted by atomic mass is 35.5. The fourth-order valence-electron chi connectivity index (χ4n) is 2.34. The molecular formula is C16H22ClF2N3O2. The molecule has 134 valence electrons. The van der Waals surface area contributed by atoms with E-state index in [9.17, 15) is 13.6 Å². The molecule has 0 aliphatic carbocycles. The molecule has 2 rings (SSSR count). The van der Waals surface area contributed by atoms with Crippen LogP contribution >= 0.6 is 11.6 Å². The zero-order valence-electron chi connectivity index (χ0n) is 14.3. The summed E-state index contributed by atoms with van der Waals surface area (Å²) in [6, 6.07) is 2.51. The molecule has 1 aliphatic rings. The van der Waals surface area contributed by atoms with Gasteiger partial charge in [-0.3, -0.25) is 0 Å². The van der Waals surface area contributed by atoms with Crippen molar-refractivity contribution >= 4 is 23.5 Å². The lowest BCUT2D eigenvalue weighted by molar-refractivity contribution is 0.0174. The molecule has 0 spiro atoms. The van der Waals surface area contributed by atoms with E-state index in [0.717, 1.165) is 6.92 Å². The number of alkyl halides is 2. The number of hydrogen-bond acceptors (Lipinski definition) is 4. The molecule has 5 nitrogen and oxygen atoms in total. The maximum Gasteiger partial charge on any atom is 0.410 e. The van der Waals surface area contributed by atoms with Crippen LogP contribution in [0.2, 0.25) is 5.15 Å². The van der Waals surface area contributed by atoms with Gasteiger partial charge in [0, 0.05) is 38.7 Å². The molecular weight excluding hydrogens is 340 g/mol. The Labute approximate surface area is 145 Å². The molecule has 2 heterocycles. The Morgan fingerprint density at radius 2 is 1.75 bits per heavy atom. The number of carbonyl (C=O) groups excluding carboxylic acids is 1. The highest BCUT2D eigenvalue weighted by molar-refractivity contribution is 6.29. The van der Waals surface area contributed by atoms with Gasteiger partial charge in [-0.1, -0.05) is 11.6 Å². The van der Waals surface area contributed by atoms with Gasteiger partial charge in [0.1, 0.15) is 16.6 Å². The quantitative estimate of drug-likeness (QED) is 0.749. The molecule has 0 N–H and O–H groups in total. The highest BCUT2D eigenvalue weighted by Crippen LogP contribution is 2.31. The van der Waals surface area contributed by atoms with E-state index < -0.39 is 11.5 Å². The number of rotatable bonds is 2. The zero-order chi connectivity index (χ0) is 18.1. The number of aromatic nitrogens is 1. The summed E-state index contributed by atoms with van der Waals surface area (Å²) in [4.78, 5) is 19.6. The van der Waals surface area contributed by atoms with Gasteiger partial charge in [0.2, 0.25) is 0 Å². The van der Waals surface area contributed by atoms with Crippen molar-refractivity contribution in [1.29, 1.82) is 0 Å². The topological polar surface area (TPSA) is 45.7 Å². The van der Waals surface area contributed by atoms with E-state index in [1.807, 2.05) is 25.7 Å². The van der Waals surface area contributed by atoms with Crippen molar-refractivity contribution in [2.75, 3.05) is 31.1 Å². The van der Waals surface area contributed by atoms with Crippen molar-refractivity contribution in [3.05, 3.63) is 22.8 Å². The second-order valence-corrected chi connectivity index (χ2v) is 7.27. The molecule has 0 saturated carbocycles. The van der Waals surface area contributed by atoms with Gasteiger partial charge in [0.05, 0.1) is 0 Å². The van der Waals surface area contributed by atoms with E-state index in [-0.39, 0.29) is 16.8 Å². The number of nitrogens with zero attached hydrogens (tertiary/aromatic N) is 3. The van der Waals surface area contributed by atoms with Crippen LogP contribution in [0.4, 0.5) is 19.4 Å². The lowest BCUT2D eigenvalue weighted by Crippen LogP contribution is -2.50. The third kappa shape index (κ3) is 4.93. The van der Waals surface area contributed by atoms with Crippen LogP contribution in [0.1, 0.15) is 33.3 Å². The highest BCUT2D eigenvalue weighted by Gasteiger charge is 2.29. The number of hydrogen-bond donors (Lipinski definition) is 0. The Morgan fingerprint density at radius 3 is 2.25 bits per heavy atom. The molecule has 1 amide bonds. The Kier molecular flexibility index (Phi) is 5.22. The second kappa shape index (κ2) is 6.70. The molecule has 0 aromatic carbocycles. The number of piperazine rings is 1. The van der Waals surface area contributed by atoms with Crippen LogP contribution in [0.25, 0.3) is 0 Å². The first-order chi connectivity index (χ1) is 11.0. The van der Waals surface area contributed by atoms with Crippen molar-refractivity contribution in [1.82, 2.24) is 9.88 Å². The Morgan fingerprint density at radius 1 is 1.17 bits per heavy atom. The molecule has 0 atom stereocenters. The third-order valence-corrected chi connectivity index (χ3v) is 3.74. The first-order valence-electron chi connectivity index (χ1n) is 7.74. The monoisotopic (exact) mass is 361 g/mol. The van der Waals surface area contributed by atoms with Gasteiger partial charge < -0.3 is 14.5 Å². The minimum atomic E-state index is -2.99. The fraction of sp³-hybridized carbons (Fsp3) is 0.625. The third-order valence-electron chi connectivity index (χ3n) is 3.54. The number of pyridine rings is 1. The minimum Gasteiger partial charge on any atom is -0.444 e. The maximum absolute atomic E-state index is 13.5. The largest absolute Gasteiger partial charge is 0.444 e. The number of halogens is 3. The summed E-state index contributed by atoms with van der Waals surface area (Å²) in [6.45, 7) is 8.06. The summed E-state index contributed by atoms with van der Waals surface area (Å²) in [5, 5.41) is 0.0265. The SMILES string of the molecule is CC(C)(C)OC(=O)N1CCN(c2cc(C(C)(F)F)cc(Cl)n2)CC1. The van der Waals surface area contributed by atoms with Gasteiger partial charge in [-0.25, -0.2) is 18.6 Å². The summed E-state index contributed by atoms with van der Waals surface area (Å²) in [7, 11) is 0. The zero-order valence-corrected chi connectivity index (χ0v) is 15.0. The van der Waals surface area contributed by atoms with Gasteiger partial charge in [-0.05, 0) is 32.9 Å². The van der Waals surface area contributed by atoms with E-state index in [1.54, 1.807) is 4.90 Å². The number of amides is 1. The van der Waals surface area contributed by atoms with Crippen LogP contribution in [0.5, 0.6) is 0 Å². The second-order valence-electron chi connectivity index (χ2n) is 6.88. The van der Waals surface area contributed by atoms with Crippen molar-refractivity contribution in [2.24, 2.45) is 0 Å². The van der Waals surface area contributed by atoms with Crippen LogP contribution in [0, 0.1) is 0 Å². The number of carbonyl (C=O) groups is 1. The van der Waals surface area contributed by atoms with E-state index in [4.69, 9.17) is 16.3 Å². The molecule has 1 aliphatic heterocycles. The molecule has 0 unspecified atom stereocenters. The summed E-state index contributed by atoms with van der Waals surface area (Å²) in [6.07, 6.45) is -0.373. The lowest BCUT2D eigenvalue weighted by Gasteiger charge is -2.36. The molecule has 1 aromatic rings. The average Bonchev–Trinajstić information content (AvgIpc) is 2.44. The Bertz CT molecular complexity index is 606. The lowest BCUT2D eigenvalue weighted by atomic mass is 10.1. The maximum atomic E-state index is 13.5. The van der Waals surface area contributed by atoms with Crippen molar-refractivity contribution in [3.8, 4) is 0 Å². The molecule has 0 radical (unpaired) electrons. The van der Waals surface area contributed by atoms with E-state index in [2.05, 4.69) is 4.98 Å². The summed E-state index contributed by atoms with van der Waals surface area (Å²) >= 11 is 5.87. The smallest absolute Gasteiger partial charge is 0.410 e. The van der Waals surface area contributed by atoms with Crippen LogP contribution in [0.3, 0.4) is 0 Å². The minimum absolute atomic E-state index is 0.0265. The number of ether oxygens (including phenoxy) is 1. The standard InChI is InChI=1S/C16H22ClF2N3O2/c1-15(2,3)24-14(23)22-7-5-21(6-8-22)13-10-11(16(4,18)19)9-12(17)20-13/h9-10H,5-8H2,1-4H3. The van der Waals surface area contributed by atoms with Crippen LogP contribution in [-0.2, 0) is 10.7 Å². The summed E-state index contributed by atoms with van der Waals surface area (Å²) < 4.78 is 32.4. The first-order valence-corrected chi connectivity index (χ1v) is 8.12. The summed E-state index contributed by atoms with van der Waals surface area (Å²) in [5.41, 5.74) is -0.725. The van der Waals surface area contributed by atoms with E-state index in [1.165, 1.54) is 12.1 Å².